The highest BCUT2D eigenvalue weighted by Gasteiger charge is 2.16. The van der Waals surface area contributed by atoms with Gasteiger partial charge in [-0.25, -0.2) is 13.1 Å². The Morgan fingerprint density at radius 3 is 2.25 bits per heavy atom. The van der Waals surface area contributed by atoms with Gasteiger partial charge in [-0.05, 0) is 50.2 Å². The minimum atomic E-state index is -3.57. The number of para-hydroxylation sites is 2. The van der Waals surface area contributed by atoms with E-state index in [9.17, 15) is 13.2 Å². The number of hydrogen-bond acceptors (Lipinski definition) is 4. The predicted octanol–water partition coefficient (Wildman–Crippen LogP) is 2.63. The molecule has 0 aliphatic carbocycles. The molecule has 2 N–H and O–H groups in total. The lowest BCUT2D eigenvalue weighted by Gasteiger charge is -2.11. The molecule has 0 atom stereocenters. The van der Waals surface area contributed by atoms with Crippen molar-refractivity contribution in [2.75, 3.05) is 12.4 Å². The maximum absolute atomic E-state index is 12.3. The van der Waals surface area contributed by atoms with Crippen LogP contribution in [0.5, 0.6) is 5.75 Å². The maximum atomic E-state index is 12.3. The molecule has 2 rings (SSSR count). The molecule has 0 aromatic heterocycles. The number of carbonyl (C=O) groups is 1. The van der Waals surface area contributed by atoms with Crippen LogP contribution in [0.15, 0.2) is 53.4 Å². The van der Waals surface area contributed by atoms with Crippen LogP contribution in [0, 0.1) is 0 Å². The molecular weight excluding hydrogens is 328 g/mol. The Balaban J connectivity index is 2.17. The molecule has 6 nitrogen and oxygen atoms in total. The molecule has 0 fully saturated rings. The van der Waals surface area contributed by atoms with Gasteiger partial charge >= 0.3 is 0 Å². The van der Waals surface area contributed by atoms with Crippen LogP contribution >= 0.6 is 0 Å². The summed E-state index contributed by atoms with van der Waals surface area (Å²) >= 11 is 0. The van der Waals surface area contributed by atoms with Gasteiger partial charge in [0.05, 0.1) is 17.7 Å². The standard InChI is InChI=1S/C17H20N2O4S/c1-12(2)19-24(21,22)14-10-8-13(9-11-14)17(20)18-15-6-4-5-7-16(15)23-3/h4-12,19H,1-3H3,(H,18,20). The van der Waals surface area contributed by atoms with Crippen molar-refractivity contribution >= 4 is 21.6 Å². The third kappa shape index (κ3) is 4.33. The molecule has 0 unspecified atom stereocenters. The Bertz CT molecular complexity index is 815. The zero-order chi connectivity index (χ0) is 17.7. The van der Waals surface area contributed by atoms with Gasteiger partial charge in [0.2, 0.25) is 10.0 Å². The van der Waals surface area contributed by atoms with E-state index < -0.39 is 10.0 Å². The van der Waals surface area contributed by atoms with Crippen LogP contribution in [0.1, 0.15) is 24.2 Å². The summed E-state index contributed by atoms with van der Waals surface area (Å²) in [5.74, 6) is 0.200. The SMILES string of the molecule is COc1ccccc1NC(=O)c1ccc(S(=O)(=O)NC(C)C)cc1. The van der Waals surface area contributed by atoms with Gasteiger partial charge in [0, 0.05) is 11.6 Å². The fourth-order valence-corrected chi connectivity index (χ4v) is 3.36. The molecule has 0 aliphatic rings. The summed E-state index contributed by atoms with van der Waals surface area (Å²) in [6, 6.07) is 12.6. The average Bonchev–Trinajstić information content (AvgIpc) is 2.54. The molecule has 0 heterocycles. The van der Waals surface area contributed by atoms with Crippen molar-refractivity contribution in [1.29, 1.82) is 0 Å². The van der Waals surface area contributed by atoms with Crippen molar-refractivity contribution < 1.29 is 17.9 Å². The second kappa shape index (κ2) is 7.46. The summed E-state index contributed by atoms with van der Waals surface area (Å²) in [4.78, 5) is 12.4. The molecule has 0 saturated heterocycles. The number of nitrogens with one attached hydrogen (secondary N) is 2. The van der Waals surface area contributed by atoms with Crippen LogP contribution in [0.2, 0.25) is 0 Å². The molecule has 7 heteroatoms. The van der Waals surface area contributed by atoms with Gasteiger partial charge in [-0.2, -0.15) is 0 Å². The van der Waals surface area contributed by atoms with Crippen molar-refractivity contribution in [3.05, 3.63) is 54.1 Å². The van der Waals surface area contributed by atoms with Crippen LogP contribution in [-0.4, -0.2) is 27.5 Å². The highest BCUT2D eigenvalue weighted by molar-refractivity contribution is 7.89. The first kappa shape index (κ1) is 18.0. The van der Waals surface area contributed by atoms with E-state index in [0.717, 1.165) is 0 Å². The minimum absolute atomic E-state index is 0.116. The van der Waals surface area contributed by atoms with Crippen LogP contribution < -0.4 is 14.8 Å². The number of amides is 1. The van der Waals surface area contributed by atoms with Gasteiger partial charge in [-0.1, -0.05) is 12.1 Å². The quantitative estimate of drug-likeness (QED) is 0.840. The molecule has 0 spiro atoms. The fraction of sp³-hybridized carbons (Fsp3) is 0.235. The average molecular weight is 348 g/mol. The normalized spacial score (nSPS) is 11.3. The van der Waals surface area contributed by atoms with E-state index in [1.165, 1.54) is 31.4 Å². The predicted molar refractivity (Wildman–Crippen MR) is 92.8 cm³/mol. The molecule has 0 aliphatic heterocycles. The maximum Gasteiger partial charge on any atom is 0.255 e. The van der Waals surface area contributed by atoms with Crippen LogP contribution in [0.25, 0.3) is 0 Å². The Morgan fingerprint density at radius 1 is 1.04 bits per heavy atom. The summed E-state index contributed by atoms with van der Waals surface area (Å²) in [6.45, 7) is 3.49. The molecule has 0 saturated carbocycles. The van der Waals surface area contributed by atoms with Crippen molar-refractivity contribution in [3.8, 4) is 5.75 Å². The number of benzene rings is 2. The first-order chi connectivity index (χ1) is 11.3. The molecule has 0 radical (unpaired) electrons. The molecular formula is C17H20N2O4S. The smallest absolute Gasteiger partial charge is 0.255 e. The van der Waals surface area contributed by atoms with Gasteiger partial charge in [0.25, 0.3) is 5.91 Å². The number of rotatable bonds is 6. The van der Waals surface area contributed by atoms with Gasteiger partial charge in [0.15, 0.2) is 0 Å². The van der Waals surface area contributed by atoms with Crippen LogP contribution in [0.4, 0.5) is 5.69 Å². The molecule has 2 aromatic rings. The van der Waals surface area contributed by atoms with E-state index in [-0.39, 0.29) is 16.8 Å². The zero-order valence-electron chi connectivity index (χ0n) is 13.7. The summed E-state index contributed by atoms with van der Waals surface area (Å²) in [6.07, 6.45) is 0. The Morgan fingerprint density at radius 2 is 1.67 bits per heavy atom. The highest BCUT2D eigenvalue weighted by atomic mass is 32.2. The van der Waals surface area contributed by atoms with Crippen molar-refractivity contribution in [2.45, 2.75) is 24.8 Å². The lowest BCUT2D eigenvalue weighted by atomic mass is 10.2. The molecule has 128 valence electrons. The Labute approximate surface area is 141 Å². The van der Waals surface area contributed by atoms with Gasteiger partial charge < -0.3 is 10.1 Å². The number of carbonyl (C=O) groups excluding carboxylic acids is 1. The number of anilines is 1. The van der Waals surface area contributed by atoms with Crippen molar-refractivity contribution in [2.24, 2.45) is 0 Å². The zero-order valence-corrected chi connectivity index (χ0v) is 14.6. The summed E-state index contributed by atoms with van der Waals surface area (Å²) in [7, 11) is -2.05. The topological polar surface area (TPSA) is 84.5 Å². The van der Waals surface area contributed by atoms with Crippen molar-refractivity contribution in [1.82, 2.24) is 4.72 Å². The molecule has 1 amide bonds. The number of hydrogen-bond donors (Lipinski definition) is 2. The Hall–Kier alpha value is -2.38. The minimum Gasteiger partial charge on any atom is -0.495 e. The monoisotopic (exact) mass is 348 g/mol. The summed E-state index contributed by atoms with van der Waals surface area (Å²) in [5.41, 5.74) is 0.896. The molecule has 2 aromatic carbocycles. The lowest BCUT2D eigenvalue weighted by molar-refractivity contribution is 0.102. The molecule has 24 heavy (non-hydrogen) atoms. The van der Waals surface area contributed by atoms with E-state index in [4.69, 9.17) is 4.74 Å². The highest BCUT2D eigenvalue weighted by Crippen LogP contribution is 2.23. The largest absolute Gasteiger partial charge is 0.495 e. The van der Waals surface area contributed by atoms with E-state index in [0.29, 0.717) is 17.0 Å². The van der Waals surface area contributed by atoms with E-state index in [1.807, 2.05) is 0 Å². The van der Waals surface area contributed by atoms with E-state index >= 15 is 0 Å². The summed E-state index contributed by atoms with van der Waals surface area (Å²) < 4.78 is 31.8. The lowest BCUT2D eigenvalue weighted by Crippen LogP contribution is -2.30. The third-order valence-electron chi connectivity index (χ3n) is 3.17. The van der Waals surface area contributed by atoms with Gasteiger partial charge in [0.1, 0.15) is 5.75 Å². The first-order valence-corrected chi connectivity index (χ1v) is 8.88. The van der Waals surface area contributed by atoms with Gasteiger partial charge in [-0.15, -0.1) is 0 Å². The fourth-order valence-electron chi connectivity index (χ4n) is 2.11. The van der Waals surface area contributed by atoms with Gasteiger partial charge in [-0.3, -0.25) is 4.79 Å². The third-order valence-corrected chi connectivity index (χ3v) is 4.85. The van der Waals surface area contributed by atoms with Crippen molar-refractivity contribution in [3.63, 3.8) is 0 Å². The van der Waals surface area contributed by atoms with Crippen LogP contribution in [-0.2, 0) is 10.0 Å². The number of ether oxygens (including phenoxy) is 1. The number of methoxy groups -OCH3 is 1. The number of sulfonamides is 1. The summed E-state index contributed by atoms with van der Waals surface area (Å²) in [5, 5.41) is 2.74. The van der Waals surface area contributed by atoms with Crippen LogP contribution in [0.3, 0.4) is 0 Å². The Kier molecular flexibility index (Phi) is 5.58. The molecule has 0 bridgehead atoms. The first-order valence-electron chi connectivity index (χ1n) is 7.40. The van der Waals surface area contributed by atoms with E-state index in [1.54, 1.807) is 38.1 Å². The second-order valence-corrected chi connectivity index (χ2v) is 7.17. The van der Waals surface area contributed by atoms with E-state index in [2.05, 4.69) is 10.0 Å². The second-order valence-electron chi connectivity index (χ2n) is 5.45.